The zero-order chi connectivity index (χ0) is 20.5. The van der Waals surface area contributed by atoms with Crippen LogP contribution in [0.4, 0.5) is 5.69 Å². The van der Waals surface area contributed by atoms with Crippen molar-refractivity contribution < 1.29 is 9.66 Å². The Morgan fingerprint density at radius 2 is 1.79 bits per heavy atom. The van der Waals surface area contributed by atoms with Crippen molar-refractivity contribution in [3.05, 3.63) is 75.8 Å². The Labute approximate surface area is 173 Å². The highest BCUT2D eigenvalue weighted by Gasteiger charge is 2.34. The SMILES string of the molecule is CCOC[C@@H](CC1(CCc2ccccc2)CCNCC1)c1ccc([N+](=O)[O-])cc1. The van der Waals surface area contributed by atoms with E-state index in [4.69, 9.17) is 4.74 Å². The summed E-state index contributed by atoms with van der Waals surface area (Å²) in [5, 5.41) is 14.5. The molecule has 1 saturated heterocycles. The summed E-state index contributed by atoms with van der Waals surface area (Å²) < 4.78 is 5.83. The van der Waals surface area contributed by atoms with E-state index in [1.54, 1.807) is 12.1 Å². The molecule has 2 aromatic carbocycles. The maximum Gasteiger partial charge on any atom is 0.269 e. The molecule has 0 amide bonds. The van der Waals surface area contributed by atoms with E-state index in [9.17, 15) is 10.1 Å². The highest BCUT2D eigenvalue weighted by atomic mass is 16.6. The van der Waals surface area contributed by atoms with E-state index in [2.05, 4.69) is 35.6 Å². The lowest BCUT2D eigenvalue weighted by Gasteiger charge is -2.40. The summed E-state index contributed by atoms with van der Waals surface area (Å²) in [6.07, 6.45) is 5.63. The first-order valence-electron chi connectivity index (χ1n) is 10.7. The number of hydrogen-bond donors (Lipinski definition) is 1. The lowest BCUT2D eigenvalue weighted by Crippen LogP contribution is -2.38. The normalized spacial score (nSPS) is 17.0. The van der Waals surface area contributed by atoms with Gasteiger partial charge in [-0.1, -0.05) is 42.5 Å². The zero-order valence-electron chi connectivity index (χ0n) is 17.3. The molecule has 2 aromatic rings. The van der Waals surface area contributed by atoms with E-state index in [0.717, 1.165) is 50.8 Å². The standard InChI is InChI=1S/C24H32N2O3/c1-2-29-19-22(21-8-10-23(11-9-21)26(27)28)18-24(14-16-25-17-15-24)13-12-20-6-4-3-5-7-20/h3-11,22,25H,2,12-19H2,1H3/t22-/m1/s1. The number of ether oxygens (including phenoxy) is 1. The first-order chi connectivity index (χ1) is 14.1. The van der Waals surface area contributed by atoms with Crippen LogP contribution in [-0.2, 0) is 11.2 Å². The van der Waals surface area contributed by atoms with Crippen molar-refractivity contribution in [1.82, 2.24) is 5.32 Å². The Balaban J connectivity index is 1.77. The fourth-order valence-electron chi connectivity index (χ4n) is 4.49. The number of nitro benzene ring substituents is 1. The summed E-state index contributed by atoms with van der Waals surface area (Å²) >= 11 is 0. The van der Waals surface area contributed by atoms with E-state index in [1.165, 1.54) is 5.56 Å². The minimum absolute atomic E-state index is 0.143. The van der Waals surface area contributed by atoms with Crippen molar-refractivity contribution in [2.75, 3.05) is 26.3 Å². The highest BCUT2D eigenvalue weighted by Crippen LogP contribution is 2.43. The third kappa shape index (κ3) is 6.12. The van der Waals surface area contributed by atoms with Gasteiger partial charge in [0, 0.05) is 24.7 Å². The van der Waals surface area contributed by atoms with E-state index < -0.39 is 0 Å². The Kier molecular flexibility index (Phi) is 7.78. The molecule has 5 nitrogen and oxygen atoms in total. The fourth-order valence-corrected chi connectivity index (χ4v) is 4.49. The second-order valence-corrected chi connectivity index (χ2v) is 8.14. The molecule has 0 bridgehead atoms. The Morgan fingerprint density at radius 1 is 1.10 bits per heavy atom. The fraction of sp³-hybridized carbons (Fsp3) is 0.500. The van der Waals surface area contributed by atoms with Crippen molar-refractivity contribution in [3.8, 4) is 0 Å². The first-order valence-corrected chi connectivity index (χ1v) is 10.7. The Hall–Kier alpha value is -2.24. The first kappa shape index (κ1) is 21.5. The number of non-ortho nitro benzene ring substituents is 1. The van der Waals surface area contributed by atoms with Gasteiger partial charge in [-0.15, -0.1) is 0 Å². The van der Waals surface area contributed by atoms with Crippen molar-refractivity contribution in [3.63, 3.8) is 0 Å². The van der Waals surface area contributed by atoms with E-state index in [1.807, 2.05) is 19.1 Å². The lowest BCUT2D eigenvalue weighted by atomic mass is 9.68. The number of benzene rings is 2. The van der Waals surface area contributed by atoms with Crippen LogP contribution in [0.25, 0.3) is 0 Å². The zero-order valence-corrected chi connectivity index (χ0v) is 17.3. The molecule has 5 heteroatoms. The highest BCUT2D eigenvalue weighted by molar-refractivity contribution is 5.34. The molecule has 0 radical (unpaired) electrons. The number of rotatable bonds is 10. The van der Waals surface area contributed by atoms with Crippen LogP contribution < -0.4 is 5.32 Å². The molecule has 1 fully saturated rings. The minimum Gasteiger partial charge on any atom is -0.381 e. The molecular formula is C24H32N2O3. The summed E-state index contributed by atoms with van der Waals surface area (Å²) in [5.74, 6) is 0.254. The topological polar surface area (TPSA) is 64.4 Å². The van der Waals surface area contributed by atoms with Crippen LogP contribution in [0.1, 0.15) is 49.7 Å². The van der Waals surface area contributed by atoms with Crippen LogP contribution in [0, 0.1) is 15.5 Å². The molecule has 1 aliphatic heterocycles. The summed E-state index contributed by atoms with van der Waals surface area (Å²) in [5.41, 5.74) is 2.94. The van der Waals surface area contributed by atoms with Gasteiger partial charge in [-0.25, -0.2) is 0 Å². The van der Waals surface area contributed by atoms with Gasteiger partial charge in [-0.2, -0.15) is 0 Å². The second kappa shape index (κ2) is 10.5. The van der Waals surface area contributed by atoms with Crippen molar-refractivity contribution in [2.45, 2.75) is 44.9 Å². The van der Waals surface area contributed by atoms with Crippen LogP contribution in [-0.4, -0.2) is 31.2 Å². The molecule has 1 heterocycles. The smallest absolute Gasteiger partial charge is 0.269 e. The van der Waals surface area contributed by atoms with Crippen molar-refractivity contribution in [1.29, 1.82) is 0 Å². The van der Waals surface area contributed by atoms with Gasteiger partial charge in [0.2, 0.25) is 0 Å². The number of hydrogen-bond acceptors (Lipinski definition) is 4. The second-order valence-electron chi connectivity index (χ2n) is 8.14. The Bertz CT molecular complexity index is 755. The maximum atomic E-state index is 11.0. The van der Waals surface area contributed by atoms with Crippen molar-refractivity contribution >= 4 is 5.69 Å². The predicted molar refractivity (Wildman–Crippen MR) is 116 cm³/mol. The quantitative estimate of drug-likeness (QED) is 0.448. The van der Waals surface area contributed by atoms with E-state index in [0.29, 0.717) is 13.2 Å². The van der Waals surface area contributed by atoms with Gasteiger partial charge in [0.15, 0.2) is 0 Å². The molecule has 1 N–H and O–H groups in total. The lowest BCUT2D eigenvalue weighted by molar-refractivity contribution is -0.384. The molecule has 0 aliphatic carbocycles. The number of nitrogens with zero attached hydrogens (tertiary/aromatic N) is 1. The Morgan fingerprint density at radius 3 is 2.41 bits per heavy atom. The molecule has 1 aliphatic rings. The third-order valence-corrected chi connectivity index (χ3v) is 6.23. The van der Waals surface area contributed by atoms with Gasteiger partial charge < -0.3 is 10.1 Å². The van der Waals surface area contributed by atoms with Crippen LogP contribution in [0.15, 0.2) is 54.6 Å². The van der Waals surface area contributed by atoms with E-state index in [-0.39, 0.29) is 21.9 Å². The van der Waals surface area contributed by atoms with Crippen LogP contribution in [0.2, 0.25) is 0 Å². The minimum atomic E-state index is -0.338. The molecule has 0 spiro atoms. The number of piperidine rings is 1. The summed E-state index contributed by atoms with van der Waals surface area (Å²) in [6.45, 7) is 5.46. The number of nitrogens with one attached hydrogen (secondary N) is 1. The monoisotopic (exact) mass is 396 g/mol. The molecule has 1 atom stereocenters. The van der Waals surface area contributed by atoms with Crippen LogP contribution in [0.5, 0.6) is 0 Å². The molecule has 3 rings (SSSR count). The van der Waals surface area contributed by atoms with Crippen molar-refractivity contribution in [2.24, 2.45) is 5.41 Å². The number of nitro groups is 1. The summed E-state index contributed by atoms with van der Waals surface area (Å²) in [7, 11) is 0. The maximum absolute atomic E-state index is 11.0. The molecule has 0 unspecified atom stereocenters. The van der Waals surface area contributed by atoms with Crippen LogP contribution in [0.3, 0.4) is 0 Å². The van der Waals surface area contributed by atoms with Gasteiger partial charge >= 0.3 is 0 Å². The van der Waals surface area contributed by atoms with Gasteiger partial charge in [0.05, 0.1) is 11.5 Å². The predicted octanol–water partition coefficient (Wildman–Crippen LogP) is 5.11. The molecule has 29 heavy (non-hydrogen) atoms. The summed E-state index contributed by atoms with van der Waals surface area (Å²) in [4.78, 5) is 10.7. The van der Waals surface area contributed by atoms with Gasteiger partial charge in [-0.3, -0.25) is 10.1 Å². The van der Waals surface area contributed by atoms with Gasteiger partial charge in [-0.05, 0) is 68.7 Å². The number of aryl methyl sites for hydroxylation is 1. The molecule has 0 aromatic heterocycles. The largest absolute Gasteiger partial charge is 0.381 e. The molecule has 0 saturated carbocycles. The van der Waals surface area contributed by atoms with Gasteiger partial charge in [0.1, 0.15) is 0 Å². The van der Waals surface area contributed by atoms with E-state index >= 15 is 0 Å². The van der Waals surface area contributed by atoms with Crippen LogP contribution >= 0.6 is 0 Å². The summed E-state index contributed by atoms with van der Waals surface area (Å²) in [6, 6.07) is 17.8. The third-order valence-electron chi connectivity index (χ3n) is 6.23. The molecular weight excluding hydrogens is 364 g/mol. The van der Waals surface area contributed by atoms with Gasteiger partial charge in [0.25, 0.3) is 5.69 Å². The molecule has 156 valence electrons. The average molecular weight is 397 g/mol. The average Bonchev–Trinajstić information content (AvgIpc) is 2.77.